The molecule has 0 aromatic heterocycles. The number of ether oxygens (including phenoxy) is 1. The summed E-state index contributed by atoms with van der Waals surface area (Å²) in [5.41, 5.74) is 2.76. The molecular weight excluding hydrogens is 557 g/mol. The number of fused-ring (bicyclic) bond motifs is 1. The lowest BCUT2D eigenvalue weighted by Gasteiger charge is -2.29. The van der Waals surface area contributed by atoms with Gasteiger partial charge >= 0.3 is 0 Å². The van der Waals surface area contributed by atoms with E-state index in [0.717, 1.165) is 42.4 Å². The largest absolute Gasteiger partial charge is 0.487 e. The highest BCUT2D eigenvalue weighted by Gasteiger charge is 2.49. The highest BCUT2D eigenvalue weighted by molar-refractivity contribution is 7.90. The normalized spacial score (nSPS) is 19.2. The van der Waals surface area contributed by atoms with Crippen LogP contribution in [-0.2, 0) is 23.1 Å². The first-order valence-electron chi connectivity index (χ1n) is 12.9. The summed E-state index contributed by atoms with van der Waals surface area (Å²) in [5.74, 6) is 0.0849. The van der Waals surface area contributed by atoms with Crippen LogP contribution in [0.3, 0.4) is 0 Å². The fraction of sp³-hybridized carbons (Fsp3) is 0.333. The van der Waals surface area contributed by atoms with E-state index >= 15 is 0 Å². The molecule has 0 aliphatic heterocycles. The standard InChI is InChI=1S/C30H29Cl2NO5S/c1-18-7-13-23(14-8-18)39(36,37)33-29(35)20-11-9-19(10-12-20)17-38-24-15-21-16-30(2,22-5-3-4-6-22)28(34)25(21)27(32)26(24)31/h7-15,22H,3-6,16-17H2,1-2H3,(H,33,35). The number of nitrogens with one attached hydrogen (secondary N) is 1. The van der Waals surface area contributed by atoms with Gasteiger partial charge in [-0.2, -0.15) is 0 Å². The molecule has 2 aliphatic rings. The third-order valence-corrected chi connectivity index (χ3v) is 10.2. The van der Waals surface area contributed by atoms with Crippen LogP contribution in [0.5, 0.6) is 5.75 Å². The maximum atomic E-state index is 13.4. The van der Waals surface area contributed by atoms with Gasteiger partial charge in [0.05, 0.1) is 9.92 Å². The van der Waals surface area contributed by atoms with Crippen LogP contribution >= 0.6 is 23.2 Å². The maximum absolute atomic E-state index is 13.4. The second-order valence-corrected chi connectivity index (χ2v) is 13.1. The van der Waals surface area contributed by atoms with Gasteiger partial charge in [0.15, 0.2) is 5.78 Å². The van der Waals surface area contributed by atoms with Crippen LogP contribution in [0.4, 0.5) is 0 Å². The van der Waals surface area contributed by atoms with E-state index in [1.54, 1.807) is 24.3 Å². The summed E-state index contributed by atoms with van der Waals surface area (Å²) in [6.07, 6.45) is 5.02. The summed E-state index contributed by atoms with van der Waals surface area (Å²) in [6, 6.07) is 14.5. The Balaban J connectivity index is 1.26. The van der Waals surface area contributed by atoms with E-state index in [4.69, 9.17) is 27.9 Å². The number of Topliss-reactive ketones (excluding diaryl/α,β-unsaturated/α-hetero) is 1. The van der Waals surface area contributed by atoms with Gasteiger partial charge in [-0.1, -0.05) is 72.8 Å². The van der Waals surface area contributed by atoms with Crippen LogP contribution in [-0.4, -0.2) is 20.1 Å². The molecule has 3 aromatic rings. The molecule has 0 bridgehead atoms. The van der Waals surface area contributed by atoms with Gasteiger partial charge in [0, 0.05) is 16.5 Å². The highest BCUT2D eigenvalue weighted by atomic mass is 35.5. The summed E-state index contributed by atoms with van der Waals surface area (Å²) < 4.78 is 33.1. The van der Waals surface area contributed by atoms with Gasteiger partial charge in [0.25, 0.3) is 15.9 Å². The molecule has 0 spiro atoms. The first-order valence-corrected chi connectivity index (χ1v) is 15.1. The monoisotopic (exact) mass is 585 g/mol. The van der Waals surface area contributed by atoms with E-state index < -0.39 is 21.3 Å². The minimum Gasteiger partial charge on any atom is -0.487 e. The van der Waals surface area contributed by atoms with Gasteiger partial charge in [-0.3, -0.25) is 9.59 Å². The van der Waals surface area contributed by atoms with Crippen molar-refractivity contribution in [2.45, 2.75) is 57.5 Å². The Hall–Kier alpha value is -2.87. The van der Waals surface area contributed by atoms with Crippen molar-refractivity contribution in [3.63, 3.8) is 0 Å². The Morgan fingerprint density at radius 1 is 1.03 bits per heavy atom. The molecular formula is C30H29Cl2NO5S. The average Bonchev–Trinajstić information content (AvgIpc) is 3.53. The van der Waals surface area contributed by atoms with E-state index in [1.165, 1.54) is 24.3 Å². The summed E-state index contributed by atoms with van der Waals surface area (Å²) in [5, 5.41) is 0.439. The zero-order valence-electron chi connectivity index (χ0n) is 21.7. The first-order chi connectivity index (χ1) is 18.5. The zero-order chi connectivity index (χ0) is 27.9. The Kier molecular flexibility index (Phi) is 7.53. The number of carbonyl (C=O) groups is 2. The number of aryl methyl sites for hydroxylation is 1. The molecule has 5 rings (SSSR count). The molecule has 1 unspecified atom stereocenters. The lowest BCUT2D eigenvalue weighted by Crippen LogP contribution is -2.32. The van der Waals surface area contributed by atoms with Crippen LogP contribution in [0.15, 0.2) is 59.5 Å². The number of carbonyl (C=O) groups excluding carboxylic acids is 2. The topological polar surface area (TPSA) is 89.5 Å². The van der Waals surface area contributed by atoms with Crippen molar-refractivity contribution in [2.75, 3.05) is 0 Å². The zero-order valence-corrected chi connectivity index (χ0v) is 24.0. The van der Waals surface area contributed by atoms with E-state index in [2.05, 4.69) is 4.72 Å². The van der Waals surface area contributed by atoms with Gasteiger partial charge in [0.1, 0.15) is 17.4 Å². The van der Waals surface area contributed by atoms with Gasteiger partial charge in [-0.25, -0.2) is 13.1 Å². The molecule has 1 atom stereocenters. The molecule has 204 valence electrons. The molecule has 3 aromatic carbocycles. The van der Waals surface area contributed by atoms with Crippen LogP contribution in [0.2, 0.25) is 10.0 Å². The summed E-state index contributed by atoms with van der Waals surface area (Å²) in [6.45, 7) is 4.03. The molecule has 9 heteroatoms. The first kappa shape index (κ1) is 27.7. The van der Waals surface area contributed by atoms with Gasteiger partial charge < -0.3 is 4.74 Å². The van der Waals surface area contributed by atoms with Crippen molar-refractivity contribution < 1.29 is 22.7 Å². The molecule has 1 fully saturated rings. The maximum Gasteiger partial charge on any atom is 0.264 e. The summed E-state index contributed by atoms with van der Waals surface area (Å²) >= 11 is 13.1. The number of benzene rings is 3. The van der Waals surface area contributed by atoms with Crippen molar-refractivity contribution >= 4 is 44.9 Å². The molecule has 0 saturated heterocycles. The van der Waals surface area contributed by atoms with E-state index in [-0.39, 0.29) is 32.9 Å². The second kappa shape index (κ2) is 10.6. The van der Waals surface area contributed by atoms with Crippen molar-refractivity contribution in [3.8, 4) is 5.75 Å². The number of rotatable bonds is 7. The number of hydrogen-bond acceptors (Lipinski definition) is 5. The van der Waals surface area contributed by atoms with Gasteiger partial charge in [-0.15, -0.1) is 0 Å². The molecule has 1 amide bonds. The molecule has 0 heterocycles. The Morgan fingerprint density at radius 2 is 1.67 bits per heavy atom. The molecule has 1 saturated carbocycles. The van der Waals surface area contributed by atoms with Crippen molar-refractivity contribution in [3.05, 3.63) is 92.5 Å². The minimum absolute atomic E-state index is 0.0154. The van der Waals surface area contributed by atoms with E-state index in [9.17, 15) is 18.0 Å². The third-order valence-electron chi connectivity index (χ3n) is 7.98. The minimum atomic E-state index is -3.99. The number of ketones is 1. The quantitative estimate of drug-likeness (QED) is 0.324. The van der Waals surface area contributed by atoms with Crippen LogP contribution in [0.1, 0.15) is 70.0 Å². The molecule has 6 nitrogen and oxygen atoms in total. The highest BCUT2D eigenvalue weighted by Crippen LogP contribution is 2.52. The fourth-order valence-corrected chi connectivity index (χ4v) is 7.15. The summed E-state index contributed by atoms with van der Waals surface area (Å²) in [7, 11) is -3.99. The third kappa shape index (κ3) is 5.32. The average molecular weight is 587 g/mol. The predicted molar refractivity (Wildman–Crippen MR) is 151 cm³/mol. The molecule has 39 heavy (non-hydrogen) atoms. The van der Waals surface area contributed by atoms with Crippen molar-refractivity contribution in [1.29, 1.82) is 0 Å². The number of amides is 1. The van der Waals surface area contributed by atoms with Gasteiger partial charge in [0.2, 0.25) is 0 Å². The smallest absolute Gasteiger partial charge is 0.264 e. The SMILES string of the molecule is Cc1ccc(S(=O)(=O)NC(=O)c2ccc(COc3cc4c(c(Cl)c3Cl)C(=O)C(C)(C3CCCC3)C4)cc2)cc1. The second-order valence-electron chi connectivity index (χ2n) is 10.7. The Bertz CT molecular complexity index is 1550. The number of hydrogen-bond donors (Lipinski definition) is 1. The van der Waals surface area contributed by atoms with E-state index in [1.807, 2.05) is 19.9 Å². The number of halogens is 2. The molecule has 2 aliphatic carbocycles. The van der Waals surface area contributed by atoms with Crippen molar-refractivity contribution in [1.82, 2.24) is 4.72 Å². The summed E-state index contributed by atoms with van der Waals surface area (Å²) in [4.78, 5) is 26.0. The molecule has 1 N–H and O–H groups in total. The molecule has 0 radical (unpaired) electrons. The predicted octanol–water partition coefficient (Wildman–Crippen LogP) is 6.93. The van der Waals surface area contributed by atoms with Crippen LogP contribution < -0.4 is 9.46 Å². The van der Waals surface area contributed by atoms with Crippen molar-refractivity contribution in [2.24, 2.45) is 11.3 Å². The van der Waals surface area contributed by atoms with Crippen LogP contribution in [0, 0.1) is 18.3 Å². The Labute approximate surface area is 238 Å². The number of sulfonamides is 1. The lowest BCUT2D eigenvalue weighted by molar-refractivity contribution is 0.0744. The fourth-order valence-electron chi connectivity index (χ4n) is 5.67. The lowest BCUT2D eigenvalue weighted by atomic mass is 9.73. The Morgan fingerprint density at radius 3 is 2.31 bits per heavy atom. The van der Waals surface area contributed by atoms with E-state index in [0.29, 0.717) is 23.7 Å². The van der Waals surface area contributed by atoms with Crippen LogP contribution in [0.25, 0.3) is 0 Å². The van der Waals surface area contributed by atoms with Gasteiger partial charge in [-0.05, 0) is 73.6 Å².